The number of esters is 2. The first kappa shape index (κ1) is 10.2. The first-order valence-electron chi connectivity index (χ1n) is 4.92. The minimum Gasteiger partial charge on any atom is -0.393 e. The summed E-state index contributed by atoms with van der Waals surface area (Å²) in [6.07, 6.45) is 4.04. The zero-order valence-electron chi connectivity index (χ0n) is 8.21. The van der Waals surface area contributed by atoms with Crippen molar-refractivity contribution in [3.63, 3.8) is 0 Å². The number of hydrogen-bond donors (Lipinski definition) is 0. The molecular formula is C10H16O3. The molecule has 74 valence electrons. The molecule has 0 bridgehead atoms. The van der Waals surface area contributed by atoms with Crippen molar-refractivity contribution in [1.82, 2.24) is 0 Å². The first-order valence-corrected chi connectivity index (χ1v) is 4.92. The number of rotatable bonds is 4. The molecule has 0 N–H and O–H groups in total. The van der Waals surface area contributed by atoms with Crippen LogP contribution in [-0.4, -0.2) is 11.9 Å². The fourth-order valence-corrected chi connectivity index (χ4v) is 1.62. The van der Waals surface area contributed by atoms with Crippen LogP contribution in [0.4, 0.5) is 0 Å². The normalized spacial score (nSPS) is 27.8. The molecule has 1 aliphatic rings. The van der Waals surface area contributed by atoms with E-state index in [0.717, 1.165) is 25.7 Å². The van der Waals surface area contributed by atoms with Crippen molar-refractivity contribution in [2.45, 2.75) is 39.5 Å². The van der Waals surface area contributed by atoms with E-state index in [1.165, 1.54) is 0 Å². The fraction of sp³-hybridized carbons (Fsp3) is 0.800. The van der Waals surface area contributed by atoms with Crippen LogP contribution in [0.25, 0.3) is 0 Å². The van der Waals surface area contributed by atoms with Crippen molar-refractivity contribution in [3.05, 3.63) is 0 Å². The van der Waals surface area contributed by atoms with Crippen molar-refractivity contribution in [1.29, 1.82) is 0 Å². The van der Waals surface area contributed by atoms with Gasteiger partial charge in [-0.1, -0.05) is 33.1 Å². The maximum atomic E-state index is 11.1. The molecule has 3 heteroatoms. The van der Waals surface area contributed by atoms with Crippen molar-refractivity contribution in [2.75, 3.05) is 0 Å². The van der Waals surface area contributed by atoms with Gasteiger partial charge in [-0.25, -0.2) is 0 Å². The van der Waals surface area contributed by atoms with Crippen LogP contribution in [0, 0.1) is 11.8 Å². The van der Waals surface area contributed by atoms with E-state index in [1.54, 1.807) is 6.92 Å². The molecule has 1 saturated heterocycles. The third-order valence-electron chi connectivity index (χ3n) is 2.60. The maximum absolute atomic E-state index is 11.1. The van der Waals surface area contributed by atoms with Crippen molar-refractivity contribution < 1.29 is 14.3 Å². The third-order valence-corrected chi connectivity index (χ3v) is 2.60. The lowest BCUT2D eigenvalue weighted by atomic mass is 9.91. The van der Waals surface area contributed by atoms with Gasteiger partial charge in [0.2, 0.25) is 0 Å². The van der Waals surface area contributed by atoms with E-state index in [0.29, 0.717) is 0 Å². The van der Waals surface area contributed by atoms with Gasteiger partial charge in [0.15, 0.2) is 0 Å². The molecule has 0 amide bonds. The third kappa shape index (κ3) is 2.29. The monoisotopic (exact) mass is 184 g/mol. The molecule has 0 aromatic heterocycles. The summed E-state index contributed by atoms with van der Waals surface area (Å²) in [4.78, 5) is 22.1. The number of cyclic esters (lactones) is 2. The fourth-order valence-electron chi connectivity index (χ4n) is 1.62. The molecular weight excluding hydrogens is 168 g/mol. The van der Waals surface area contributed by atoms with Gasteiger partial charge in [0.05, 0.1) is 11.8 Å². The van der Waals surface area contributed by atoms with Gasteiger partial charge in [-0.2, -0.15) is 0 Å². The van der Waals surface area contributed by atoms with E-state index in [1.807, 2.05) is 0 Å². The van der Waals surface area contributed by atoms with Gasteiger partial charge in [-0.05, 0) is 6.42 Å². The molecule has 0 saturated carbocycles. The average molecular weight is 184 g/mol. The van der Waals surface area contributed by atoms with Crippen LogP contribution >= 0.6 is 0 Å². The van der Waals surface area contributed by atoms with Gasteiger partial charge in [0.25, 0.3) is 0 Å². The standard InChI is InChI=1S/C10H16O3/c1-3-4-5-6-8-7(2)9(11)13-10(8)12/h7-8H,3-6H2,1-2H3/t7-,8?/m1/s1. The van der Waals surface area contributed by atoms with Gasteiger partial charge < -0.3 is 4.74 Å². The largest absolute Gasteiger partial charge is 0.393 e. The van der Waals surface area contributed by atoms with Crippen molar-refractivity contribution in [2.24, 2.45) is 11.8 Å². The number of carbonyl (C=O) groups is 2. The second kappa shape index (κ2) is 4.40. The number of hydrogen-bond acceptors (Lipinski definition) is 3. The molecule has 2 atom stereocenters. The Morgan fingerprint density at radius 2 is 1.92 bits per heavy atom. The average Bonchev–Trinajstić information content (AvgIpc) is 2.32. The molecule has 0 aromatic carbocycles. The zero-order valence-corrected chi connectivity index (χ0v) is 8.21. The summed E-state index contributed by atoms with van der Waals surface area (Å²) in [7, 11) is 0. The van der Waals surface area contributed by atoms with Gasteiger partial charge in [-0.15, -0.1) is 0 Å². The molecule has 0 aromatic rings. The highest BCUT2D eigenvalue weighted by atomic mass is 16.6. The summed E-state index contributed by atoms with van der Waals surface area (Å²) in [5, 5.41) is 0. The Hall–Kier alpha value is -0.860. The van der Waals surface area contributed by atoms with E-state index < -0.39 is 0 Å². The Kier molecular flexibility index (Phi) is 3.46. The lowest BCUT2D eigenvalue weighted by molar-refractivity contribution is -0.153. The molecule has 1 rings (SSSR count). The highest BCUT2D eigenvalue weighted by molar-refractivity contribution is 5.96. The SMILES string of the molecule is CCCCCC1C(=O)OC(=O)[C@@H]1C. The van der Waals surface area contributed by atoms with E-state index in [-0.39, 0.29) is 23.8 Å². The lowest BCUT2D eigenvalue weighted by Crippen LogP contribution is -2.14. The molecule has 0 spiro atoms. The number of ether oxygens (including phenoxy) is 1. The highest BCUT2D eigenvalue weighted by Gasteiger charge is 2.40. The topological polar surface area (TPSA) is 43.4 Å². The second-order valence-electron chi connectivity index (χ2n) is 3.63. The van der Waals surface area contributed by atoms with Crippen LogP contribution in [-0.2, 0) is 14.3 Å². The smallest absolute Gasteiger partial charge is 0.317 e. The van der Waals surface area contributed by atoms with E-state index in [2.05, 4.69) is 11.7 Å². The molecule has 1 aliphatic heterocycles. The van der Waals surface area contributed by atoms with Gasteiger partial charge in [-0.3, -0.25) is 9.59 Å². The highest BCUT2D eigenvalue weighted by Crippen LogP contribution is 2.27. The number of unbranched alkanes of at least 4 members (excludes halogenated alkanes) is 2. The summed E-state index contributed by atoms with van der Waals surface area (Å²) in [5.74, 6) is -1.09. The molecule has 1 unspecified atom stereocenters. The van der Waals surface area contributed by atoms with Crippen LogP contribution in [0.5, 0.6) is 0 Å². The summed E-state index contributed by atoms with van der Waals surface area (Å²) in [6.45, 7) is 3.88. The quantitative estimate of drug-likeness (QED) is 0.381. The minimum absolute atomic E-state index is 0.181. The summed E-state index contributed by atoms with van der Waals surface area (Å²) >= 11 is 0. The van der Waals surface area contributed by atoms with Crippen LogP contribution in [0.15, 0.2) is 0 Å². The molecule has 1 heterocycles. The molecule has 1 fully saturated rings. The molecule has 0 aliphatic carbocycles. The van der Waals surface area contributed by atoms with Crippen molar-refractivity contribution >= 4 is 11.9 Å². The van der Waals surface area contributed by atoms with E-state index in [9.17, 15) is 9.59 Å². The predicted octanol–water partition coefficient (Wildman–Crippen LogP) is 1.90. The van der Waals surface area contributed by atoms with Crippen LogP contribution in [0.1, 0.15) is 39.5 Å². The Bertz CT molecular complexity index is 210. The van der Waals surface area contributed by atoms with Crippen molar-refractivity contribution in [3.8, 4) is 0 Å². The van der Waals surface area contributed by atoms with Crippen LogP contribution in [0.2, 0.25) is 0 Å². The van der Waals surface area contributed by atoms with Crippen LogP contribution < -0.4 is 0 Å². The van der Waals surface area contributed by atoms with Gasteiger partial charge in [0, 0.05) is 0 Å². The van der Waals surface area contributed by atoms with E-state index >= 15 is 0 Å². The molecule has 0 radical (unpaired) electrons. The Morgan fingerprint density at radius 3 is 2.38 bits per heavy atom. The molecule has 3 nitrogen and oxygen atoms in total. The Balaban J connectivity index is 2.40. The van der Waals surface area contributed by atoms with E-state index in [4.69, 9.17) is 0 Å². The predicted molar refractivity (Wildman–Crippen MR) is 47.9 cm³/mol. The maximum Gasteiger partial charge on any atom is 0.317 e. The summed E-state index contributed by atoms with van der Waals surface area (Å²) < 4.78 is 4.54. The summed E-state index contributed by atoms with van der Waals surface area (Å²) in [5.41, 5.74) is 0. The minimum atomic E-state index is -0.355. The molecule has 13 heavy (non-hydrogen) atoms. The lowest BCUT2D eigenvalue weighted by Gasteiger charge is -2.07. The van der Waals surface area contributed by atoms with Crippen LogP contribution in [0.3, 0.4) is 0 Å². The van der Waals surface area contributed by atoms with Gasteiger partial charge in [0.1, 0.15) is 0 Å². The summed E-state index contributed by atoms with van der Waals surface area (Å²) in [6, 6.07) is 0. The Morgan fingerprint density at radius 1 is 1.23 bits per heavy atom. The number of carbonyl (C=O) groups excluding carboxylic acids is 2. The van der Waals surface area contributed by atoms with Gasteiger partial charge >= 0.3 is 11.9 Å². The second-order valence-corrected chi connectivity index (χ2v) is 3.63. The zero-order chi connectivity index (χ0) is 9.84. The first-order chi connectivity index (χ1) is 6.16. The Labute approximate surface area is 78.5 Å².